The average Bonchev–Trinajstić information content (AvgIpc) is 2.39. The number of hydrogen-bond donors (Lipinski definition) is 1. The summed E-state index contributed by atoms with van der Waals surface area (Å²) < 4.78 is 37.6. The van der Waals surface area contributed by atoms with Gasteiger partial charge in [0.1, 0.15) is 0 Å². The highest BCUT2D eigenvalue weighted by Crippen LogP contribution is 2.31. The largest absolute Gasteiger partial charge is 0.416 e. The molecule has 1 N–H and O–H groups in total. The lowest BCUT2D eigenvalue weighted by molar-refractivity contribution is -0.137. The second-order valence-corrected chi connectivity index (χ2v) is 4.83. The molecule has 2 aromatic carbocycles. The van der Waals surface area contributed by atoms with Gasteiger partial charge in [0.05, 0.1) is 11.6 Å². The number of alkyl halides is 3. The number of rotatable bonds is 3. The van der Waals surface area contributed by atoms with Crippen LogP contribution in [0.15, 0.2) is 48.5 Å². The van der Waals surface area contributed by atoms with Crippen LogP contribution in [0.2, 0.25) is 5.02 Å². The zero-order chi connectivity index (χ0) is 14.8. The molecule has 0 aliphatic rings. The van der Waals surface area contributed by atoms with Crippen molar-refractivity contribution in [2.75, 3.05) is 7.05 Å². The molecule has 1 atom stereocenters. The molecule has 0 saturated heterocycles. The van der Waals surface area contributed by atoms with Gasteiger partial charge in [-0.15, -0.1) is 0 Å². The molecule has 106 valence electrons. The minimum absolute atomic E-state index is 0.198. The van der Waals surface area contributed by atoms with Gasteiger partial charge in [0.15, 0.2) is 0 Å². The van der Waals surface area contributed by atoms with E-state index in [1.807, 2.05) is 12.1 Å². The van der Waals surface area contributed by atoms with E-state index in [1.54, 1.807) is 19.2 Å². The van der Waals surface area contributed by atoms with E-state index in [0.717, 1.165) is 23.3 Å². The summed E-state index contributed by atoms with van der Waals surface area (Å²) in [7, 11) is 1.75. The number of nitrogens with one attached hydrogen (secondary N) is 1. The van der Waals surface area contributed by atoms with E-state index in [2.05, 4.69) is 5.32 Å². The van der Waals surface area contributed by atoms with Crippen molar-refractivity contribution in [2.24, 2.45) is 0 Å². The van der Waals surface area contributed by atoms with Crippen LogP contribution >= 0.6 is 11.6 Å². The molecule has 5 heteroatoms. The van der Waals surface area contributed by atoms with Crippen molar-refractivity contribution >= 4 is 11.6 Å². The maximum Gasteiger partial charge on any atom is 0.416 e. The topological polar surface area (TPSA) is 12.0 Å². The van der Waals surface area contributed by atoms with Crippen LogP contribution in [0, 0.1) is 0 Å². The summed E-state index contributed by atoms with van der Waals surface area (Å²) in [6, 6.07) is 12.2. The van der Waals surface area contributed by atoms with Gasteiger partial charge in [-0.2, -0.15) is 13.2 Å². The molecule has 2 rings (SSSR count). The maximum atomic E-state index is 12.5. The lowest BCUT2D eigenvalue weighted by atomic mass is 9.98. The molecule has 20 heavy (non-hydrogen) atoms. The van der Waals surface area contributed by atoms with Crippen LogP contribution in [0.1, 0.15) is 22.7 Å². The molecule has 2 aromatic rings. The summed E-state index contributed by atoms with van der Waals surface area (Å²) in [5, 5.41) is 3.67. The number of hydrogen-bond acceptors (Lipinski definition) is 1. The van der Waals surface area contributed by atoms with Gasteiger partial charge in [-0.3, -0.25) is 0 Å². The summed E-state index contributed by atoms with van der Waals surface area (Å²) in [5.74, 6) is 0. The van der Waals surface area contributed by atoms with E-state index in [0.29, 0.717) is 5.02 Å². The molecule has 0 aliphatic heterocycles. The first-order valence-electron chi connectivity index (χ1n) is 6.01. The molecule has 0 fully saturated rings. The normalized spacial score (nSPS) is 13.2. The van der Waals surface area contributed by atoms with E-state index in [4.69, 9.17) is 11.6 Å². The van der Waals surface area contributed by atoms with Crippen LogP contribution < -0.4 is 5.32 Å². The zero-order valence-corrected chi connectivity index (χ0v) is 11.5. The molecule has 0 aromatic heterocycles. The van der Waals surface area contributed by atoms with Gasteiger partial charge in [-0.1, -0.05) is 35.9 Å². The Labute approximate surface area is 120 Å². The van der Waals surface area contributed by atoms with E-state index in [-0.39, 0.29) is 6.04 Å². The SMILES string of the molecule is CNC(c1ccc(C(F)(F)F)cc1)c1cccc(Cl)c1. The molecule has 0 aliphatic carbocycles. The van der Waals surface area contributed by atoms with Crippen LogP contribution in [0.4, 0.5) is 13.2 Å². The van der Waals surface area contributed by atoms with Crippen LogP contribution in [0.5, 0.6) is 0 Å². The Morgan fingerprint density at radius 3 is 2.15 bits per heavy atom. The van der Waals surface area contributed by atoms with Crippen LogP contribution in [0.3, 0.4) is 0 Å². The third-order valence-corrected chi connectivity index (χ3v) is 3.28. The number of halogens is 4. The summed E-state index contributed by atoms with van der Waals surface area (Å²) in [6.45, 7) is 0. The van der Waals surface area contributed by atoms with E-state index < -0.39 is 11.7 Å². The second-order valence-electron chi connectivity index (χ2n) is 4.40. The van der Waals surface area contributed by atoms with Crippen molar-refractivity contribution in [3.8, 4) is 0 Å². The second kappa shape index (κ2) is 5.85. The first-order valence-corrected chi connectivity index (χ1v) is 6.39. The van der Waals surface area contributed by atoms with Crippen LogP contribution in [-0.4, -0.2) is 7.05 Å². The Kier molecular flexibility index (Phi) is 4.35. The van der Waals surface area contributed by atoms with Gasteiger partial charge in [-0.25, -0.2) is 0 Å². The van der Waals surface area contributed by atoms with Crippen molar-refractivity contribution in [3.05, 3.63) is 70.2 Å². The van der Waals surface area contributed by atoms with Crippen molar-refractivity contribution in [2.45, 2.75) is 12.2 Å². The fourth-order valence-corrected chi connectivity index (χ4v) is 2.28. The third-order valence-electron chi connectivity index (χ3n) is 3.04. The maximum absolute atomic E-state index is 12.5. The Balaban J connectivity index is 2.33. The monoisotopic (exact) mass is 299 g/mol. The van der Waals surface area contributed by atoms with Gasteiger partial charge in [0.2, 0.25) is 0 Å². The molecule has 0 bridgehead atoms. The molecule has 0 heterocycles. The van der Waals surface area contributed by atoms with Crippen molar-refractivity contribution < 1.29 is 13.2 Å². The Bertz CT molecular complexity index is 578. The first-order chi connectivity index (χ1) is 9.41. The van der Waals surface area contributed by atoms with Crippen LogP contribution in [0.25, 0.3) is 0 Å². The minimum Gasteiger partial charge on any atom is -0.309 e. The third kappa shape index (κ3) is 3.32. The smallest absolute Gasteiger partial charge is 0.309 e. The van der Waals surface area contributed by atoms with Gasteiger partial charge in [0.25, 0.3) is 0 Å². The van der Waals surface area contributed by atoms with Gasteiger partial charge < -0.3 is 5.32 Å². The van der Waals surface area contributed by atoms with Crippen LogP contribution in [-0.2, 0) is 6.18 Å². The molecular formula is C15H13ClF3N. The standard InChI is InChI=1S/C15H13ClF3N/c1-20-14(11-3-2-4-13(16)9-11)10-5-7-12(8-6-10)15(17,18)19/h2-9,14,20H,1H3. The molecular weight excluding hydrogens is 287 g/mol. The van der Waals surface area contributed by atoms with Crippen molar-refractivity contribution in [1.29, 1.82) is 0 Å². The van der Waals surface area contributed by atoms with Crippen molar-refractivity contribution in [3.63, 3.8) is 0 Å². The average molecular weight is 300 g/mol. The Hall–Kier alpha value is -1.52. The summed E-state index contributed by atoms with van der Waals surface area (Å²) in [5.41, 5.74) is 1.00. The zero-order valence-electron chi connectivity index (χ0n) is 10.7. The predicted molar refractivity (Wildman–Crippen MR) is 73.8 cm³/mol. The molecule has 0 amide bonds. The van der Waals surface area contributed by atoms with Gasteiger partial charge in [-0.05, 0) is 42.4 Å². The minimum atomic E-state index is -4.32. The summed E-state index contributed by atoms with van der Waals surface area (Å²) >= 11 is 5.94. The lowest BCUT2D eigenvalue weighted by Crippen LogP contribution is -2.18. The summed E-state index contributed by atoms with van der Waals surface area (Å²) in [4.78, 5) is 0. The fourth-order valence-electron chi connectivity index (χ4n) is 2.08. The van der Waals surface area contributed by atoms with E-state index in [1.165, 1.54) is 12.1 Å². The van der Waals surface area contributed by atoms with Gasteiger partial charge in [0, 0.05) is 5.02 Å². The molecule has 1 nitrogen and oxygen atoms in total. The van der Waals surface area contributed by atoms with Crippen molar-refractivity contribution in [1.82, 2.24) is 5.32 Å². The summed E-state index contributed by atoms with van der Waals surface area (Å²) in [6.07, 6.45) is -4.32. The first kappa shape index (κ1) is 14.9. The molecule has 0 saturated carbocycles. The van der Waals surface area contributed by atoms with E-state index >= 15 is 0 Å². The lowest BCUT2D eigenvalue weighted by Gasteiger charge is -2.18. The highest BCUT2D eigenvalue weighted by atomic mass is 35.5. The number of benzene rings is 2. The van der Waals surface area contributed by atoms with E-state index in [9.17, 15) is 13.2 Å². The molecule has 0 spiro atoms. The van der Waals surface area contributed by atoms with Gasteiger partial charge >= 0.3 is 6.18 Å². The predicted octanol–water partition coefficient (Wildman–Crippen LogP) is 4.67. The highest BCUT2D eigenvalue weighted by Gasteiger charge is 2.30. The quantitative estimate of drug-likeness (QED) is 0.868. The fraction of sp³-hybridized carbons (Fsp3) is 0.200. The molecule has 1 unspecified atom stereocenters. The Morgan fingerprint density at radius 2 is 1.65 bits per heavy atom. The highest BCUT2D eigenvalue weighted by molar-refractivity contribution is 6.30. The Morgan fingerprint density at radius 1 is 1.00 bits per heavy atom. The molecule has 0 radical (unpaired) electrons.